The molecule has 2 aromatic heterocycles. The van der Waals surface area contributed by atoms with Crippen molar-refractivity contribution in [3.63, 3.8) is 0 Å². The summed E-state index contributed by atoms with van der Waals surface area (Å²) in [6.07, 6.45) is 4.37. The topological polar surface area (TPSA) is 61.4 Å². The van der Waals surface area contributed by atoms with Crippen molar-refractivity contribution in [1.82, 2.24) is 9.97 Å². The van der Waals surface area contributed by atoms with Crippen LogP contribution in [0.25, 0.3) is 11.3 Å². The van der Waals surface area contributed by atoms with Crippen molar-refractivity contribution in [2.45, 2.75) is 18.9 Å². The molecular weight excluding hydrogens is 405 g/mol. The Kier molecular flexibility index (Phi) is 4.75. The van der Waals surface area contributed by atoms with E-state index in [1.807, 2.05) is 36.4 Å². The van der Waals surface area contributed by atoms with E-state index in [-0.39, 0.29) is 11.7 Å². The van der Waals surface area contributed by atoms with E-state index in [1.165, 1.54) is 12.3 Å². The molecule has 1 fully saturated rings. The van der Waals surface area contributed by atoms with Gasteiger partial charge in [-0.1, -0.05) is 23.7 Å². The summed E-state index contributed by atoms with van der Waals surface area (Å²) in [5.74, 6) is 0.00406. The second-order valence-electron chi connectivity index (χ2n) is 7.45. The second kappa shape index (κ2) is 7.57. The molecule has 2 bridgehead atoms. The molecule has 5 rings (SSSR count). The molecular formula is C22H19ClFN5O. The van der Waals surface area contributed by atoms with E-state index < -0.39 is 11.8 Å². The molecule has 0 unspecified atom stereocenters. The second-order valence-corrected chi connectivity index (χ2v) is 7.88. The summed E-state index contributed by atoms with van der Waals surface area (Å²) in [4.78, 5) is 25.7. The standard InChI is InChI=1S/C22H19ClFN5O/c23-15-4-1-3-14(11-15)18-6-7-20-21(26-18)29(16-5-2-10-28(20)13-16)22(30)27-19-8-9-25-12-17(19)24/h1,3-4,6-9,11-12,16H,2,5,10,13H2,(H,25,27,30)/t16-/m0/s1. The molecule has 0 spiro atoms. The number of amides is 2. The molecule has 0 aliphatic carbocycles. The van der Waals surface area contributed by atoms with Crippen LogP contribution >= 0.6 is 11.6 Å². The molecule has 3 aromatic rings. The van der Waals surface area contributed by atoms with Crippen molar-refractivity contribution in [3.05, 3.63) is 65.7 Å². The highest BCUT2D eigenvalue weighted by Crippen LogP contribution is 2.39. The van der Waals surface area contributed by atoms with Crippen LogP contribution in [0.4, 0.5) is 26.4 Å². The number of hydrogen-bond acceptors (Lipinski definition) is 4. The molecule has 8 heteroatoms. The van der Waals surface area contributed by atoms with Gasteiger partial charge in [-0.25, -0.2) is 14.2 Å². The Bertz CT molecular complexity index is 1120. The molecule has 2 aliphatic rings. The van der Waals surface area contributed by atoms with Crippen molar-refractivity contribution >= 4 is 34.8 Å². The van der Waals surface area contributed by atoms with Gasteiger partial charge in [0.15, 0.2) is 11.6 Å². The predicted octanol–water partition coefficient (Wildman–Crippen LogP) is 4.96. The number of carbonyl (C=O) groups excluding carboxylic acids is 1. The van der Waals surface area contributed by atoms with Crippen LogP contribution < -0.4 is 15.1 Å². The van der Waals surface area contributed by atoms with E-state index in [2.05, 4.69) is 15.2 Å². The van der Waals surface area contributed by atoms with Crippen LogP contribution in [0.15, 0.2) is 54.9 Å². The Balaban J connectivity index is 1.56. The summed E-state index contributed by atoms with van der Waals surface area (Å²) < 4.78 is 14.1. The molecule has 2 aliphatic heterocycles. The summed E-state index contributed by atoms with van der Waals surface area (Å²) in [6.45, 7) is 1.66. The van der Waals surface area contributed by atoms with Crippen LogP contribution in [0, 0.1) is 5.82 Å². The third kappa shape index (κ3) is 3.35. The van der Waals surface area contributed by atoms with E-state index >= 15 is 0 Å². The van der Waals surface area contributed by atoms with Gasteiger partial charge in [0, 0.05) is 29.9 Å². The monoisotopic (exact) mass is 423 g/mol. The number of halogens is 2. The van der Waals surface area contributed by atoms with Crippen molar-refractivity contribution in [1.29, 1.82) is 0 Å². The molecule has 30 heavy (non-hydrogen) atoms. The van der Waals surface area contributed by atoms with Gasteiger partial charge >= 0.3 is 6.03 Å². The van der Waals surface area contributed by atoms with Gasteiger partial charge in [0.1, 0.15) is 0 Å². The Hall–Kier alpha value is -3.19. The van der Waals surface area contributed by atoms with E-state index in [0.29, 0.717) is 10.8 Å². The minimum Gasteiger partial charge on any atom is -0.366 e. The molecule has 1 aromatic carbocycles. The highest BCUT2D eigenvalue weighted by molar-refractivity contribution is 6.30. The van der Waals surface area contributed by atoms with Crippen LogP contribution in [0.2, 0.25) is 5.02 Å². The summed E-state index contributed by atoms with van der Waals surface area (Å²) in [5.41, 5.74) is 2.60. The van der Waals surface area contributed by atoms with Crippen molar-refractivity contribution in [2.75, 3.05) is 28.2 Å². The molecule has 2 amide bonds. The van der Waals surface area contributed by atoms with Crippen LogP contribution in [-0.2, 0) is 0 Å². The molecule has 4 heterocycles. The minimum atomic E-state index is -0.575. The quantitative estimate of drug-likeness (QED) is 0.633. The number of anilines is 3. The smallest absolute Gasteiger partial charge is 0.327 e. The molecule has 1 atom stereocenters. The van der Waals surface area contributed by atoms with Gasteiger partial charge in [-0.05, 0) is 43.2 Å². The lowest BCUT2D eigenvalue weighted by atomic mass is 9.99. The lowest BCUT2D eigenvalue weighted by Gasteiger charge is -2.45. The average molecular weight is 424 g/mol. The van der Waals surface area contributed by atoms with Crippen LogP contribution in [-0.4, -0.2) is 35.1 Å². The normalized spacial score (nSPS) is 17.5. The molecule has 6 nitrogen and oxygen atoms in total. The van der Waals surface area contributed by atoms with E-state index in [1.54, 1.807) is 4.90 Å². The first-order valence-corrected chi connectivity index (χ1v) is 10.2. The number of pyridine rings is 2. The van der Waals surface area contributed by atoms with E-state index in [9.17, 15) is 9.18 Å². The number of urea groups is 1. The number of nitrogens with zero attached hydrogens (tertiary/aromatic N) is 4. The SMILES string of the molecule is O=C(Nc1ccncc1F)N1c2nc(-c3cccc(Cl)c3)ccc2N2CCC[C@H]1C2. The number of benzene rings is 1. The Morgan fingerprint density at radius 3 is 2.97 bits per heavy atom. The van der Waals surface area contributed by atoms with Crippen molar-refractivity contribution in [2.24, 2.45) is 0 Å². The number of nitrogens with one attached hydrogen (secondary N) is 1. The third-order valence-corrected chi connectivity index (χ3v) is 5.77. The van der Waals surface area contributed by atoms with Gasteiger partial charge in [0.25, 0.3) is 0 Å². The lowest BCUT2D eigenvalue weighted by Crippen LogP contribution is -2.56. The maximum Gasteiger partial charge on any atom is 0.327 e. The Morgan fingerprint density at radius 1 is 1.23 bits per heavy atom. The summed E-state index contributed by atoms with van der Waals surface area (Å²) in [5, 5.41) is 3.31. The van der Waals surface area contributed by atoms with Crippen molar-refractivity contribution < 1.29 is 9.18 Å². The summed E-state index contributed by atoms with van der Waals surface area (Å²) >= 11 is 6.15. The Morgan fingerprint density at radius 2 is 2.13 bits per heavy atom. The zero-order valence-corrected chi connectivity index (χ0v) is 16.8. The number of piperidine rings is 1. The van der Waals surface area contributed by atoms with Gasteiger partial charge in [0.05, 0.1) is 29.3 Å². The highest BCUT2D eigenvalue weighted by Gasteiger charge is 2.38. The van der Waals surface area contributed by atoms with Crippen molar-refractivity contribution in [3.8, 4) is 11.3 Å². The molecule has 0 saturated carbocycles. The number of hydrogen-bond donors (Lipinski definition) is 1. The van der Waals surface area contributed by atoms with Gasteiger partial charge in [0.2, 0.25) is 0 Å². The summed E-state index contributed by atoms with van der Waals surface area (Å²) in [6, 6.07) is 12.4. The first-order chi connectivity index (χ1) is 14.6. The van der Waals surface area contributed by atoms with Gasteiger partial charge in [-0.3, -0.25) is 9.88 Å². The molecule has 1 N–H and O–H groups in total. The van der Waals surface area contributed by atoms with Crippen LogP contribution in [0.5, 0.6) is 0 Å². The fraction of sp³-hybridized carbons (Fsp3) is 0.227. The van der Waals surface area contributed by atoms with E-state index in [4.69, 9.17) is 16.6 Å². The van der Waals surface area contributed by atoms with Gasteiger partial charge in [-0.2, -0.15) is 0 Å². The van der Waals surface area contributed by atoms with E-state index in [0.717, 1.165) is 49.1 Å². The number of aromatic nitrogens is 2. The zero-order chi connectivity index (χ0) is 20.7. The molecule has 0 radical (unpaired) electrons. The maximum absolute atomic E-state index is 14.1. The first kappa shape index (κ1) is 18.8. The predicted molar refractivity (Wildman–Crippen MR) is 116 cm³/mol. The molecule has 1 saturated heterocycles. The number of fused-ring (bicyclic) bond motifs is 4. The fourth-order valence-corrected chi connectivity index (χ4v) is 4.34. The van der Waals surface area contributed by atoms with Crippen LogP contribution in [0.1, 0.15) is 12.8 Å². The fourth-order valence-electron chi connectivity index (χ4n) is 4.14. The molecule has 152 valence electrons. The maximum atomic E-state index is 14.1. The van der Waals surface area contributed by atoms with Gasteiger partial charge in [-0.15, -0.1) is 0 Å². The summed E-state index contributed by atoms with van der Waals surface area (Å²) in [7, 11) is 0. The zero-order valence-electron chi connectivity index (χ0n) is 16.1. The number of carbonyl (C=O) groups is 1. The average Bonchev–Trinajstić information content (AvgIpc) is 2.75. The van der Waals surface area contributed by atoms with Crippen LogP contribution in [0.3, 0.4) is 0 Å². The highest BCUT2D eigenvalue weighted by atomic mass is 35.5. The first-order valence-electron chi connectivity index (χ1n) is 9.82. The van der Waals surface area contributed by atoms with Gasteiger partial charge < -0.3 is 10.2 Å². The largest absolute Gasteiger partial charge is 0.366 e. The minimum absolute atomic E-state index is 0.0294. The third-order valence-electron chi connectivity index (χ3n) is 5.54. The lowest BCUT2D eigenvalue weighted by molar-refractivity contribution is 0.252. The Labute approximate surface area is 178 Å². The number of rotatable bonds is 2.